The van der Waals surface area contributed by atoms with Gasteiger partial charge in [0.05, 0.1) is 12.0 Å². The van der Waals surface area contributed by atoms with Gasteiger partial charge in [0.25, 0.3) is 0 Å². The van der Waals surface area contributed by atoms with Gasteiger partial charge < -0.3 is 14.6 Å². The molecule has 1 saturated heterocycles. The van der Waals surface area contributed by atoms with Crippen molar-refractivity contribution in [3.8, 4) is 0 Å². The van der Waals surface area contributed by atoms with Gasteiger partial charge in [-0.1, -0.05) is 0 Å². The Kier molecular flexibility index (Phi) is 5.43. The van der Waals surface area contributed by atoms with Crippen LogP contribution in [0, 0.1) is 0 Å². The molecule has 0 aliphatic carbocycles. The van der Waals surface area contributed by atoms with Crippen LogP contribution in [-0.4, -0.2) is 39.2 Å². The van der Waals surface area contributed by atoms with Crippen LogP contribution in [0.5, 0.6) is 0 Å². The monoisotopic (exact) mass is 383 g/mol. The van der Waals surface area contributed by atoms with E-state index < -0.39 is 0 Å². The largest absolute Gasteiger partial charge is 0.468 e. The first kappa shape index (κ1) is 17.7. The van der Waals surface area contributed by atoms with Crippen LogP contribution in [0.2, 0.25) is 0 Å². The normalized spacial score (nSPS) is 15.0. The maximum absolute atomic E-state index is 12.5. The molecule has 1 aliphatic heterocycles. The number of rotatable bonds is 5. The van der Waals surface area contributed by atoms with Crippen LogP contribution in [0.25, 0.3) is 0 Å². The lowest BCUT2D eigenvalue weighted by molar-refractivity contribution is 0.193. The number of urea groups is 1. The molecule has 3 aromatic rings. The number of nitrogens with zero attached hydrogens (tertiary/aromatic N) is 3. The molecule has 4 rings (SSSR count). The fourth-order valence-electron chi connectivity index (χ4n) is 3.15. The number of aromatic nitrogens is 3. The van der Waals surface area contributed by atoms with Crippen LogP contribution in [0.1, 0.15) is 30.3 Å². The molecule has 0 bridgehead atoms. The number of aromatic amines is 1. The van der Waals surface area contributed by atoms with E-state index >= 15 is 0 Å². The van der Waals surface area contributed by atoms with Crippen molar-refractivity contribution < 1.29 is 9.21 Å². The molecular formula is C19H21N5O2S. The van der Waals surface area contributed by atoms with Gasteiger partial charge >= 0.3 is 6.03 Å². The number of hydrogen-bond acceptors (Lipinski definition) is 5. The van der Waals surface area contributed by atoms with Crippen LogP contribution in [0.4, 0.5) is 10.5 Å². The number of benzene rings is 1. The average Bonchev–Trinajstić information content (AvgIpc) is 3.42. The van der Waals surface area contributed by atoms with Gasteiger partial charge in [0, 0.05) is 29.6 Å². The molecule has 1 fully saturated rings. The molecule has 0 spiro atoms. The number of amides is 2. The number of thioether (sulfide) groups is 1. The van der Waals surface area contributed by atoms with E-state index in [2.05, 4.69) is 20.5 Å². The third kappa shape index (κ3) is 4.51. The van der Waals surface area contributed by atoms with Gasteiger partial charge in [-0.2, -0.15) is 5.10 Å². The third-order valence-corrected chi connectivity index (χ3v) is 5.70. The second-order valence-electron chi connectivity index (χ2n) is 6.45. The Morgan fingerprint density at radius 2 is 2.07 bits per heavy atom. The zero-order valence-electron chi connectivity index (χ0n) is 14.8. The van der Waals surface area contributed by atoms with E-state index in [0.29, 0.717) is 19.0 Å². The van der Waals surface area contributed by atoms with Crippen molar-refractivity contribution in [3.63, 3.8) is 0 Å². The molecule has 2 aromatic heterocycles. The fraction of sp³-hybridized carbons (Fsp3) is 0.316. The summed E-state index contributed by atoms with van der Waals surface area (Å²) in [6, 6.07) is 11.7. The molecule has 27 heavy (non-hydrogen) atoms. The van der Waals surface area contributed by atoms with Crippen molar-refractivity contribution in [1.82, 2.24) is 20.1 Å². The topological polar surface area (TPSA) is 87.1 Å². The summed E-state index contributed by atoms with van der Waals surface area (Å²) < 4.78 is 5.34. The van der Waals surface area contributed by atoms with Crippen molar-refractivity contribution >= 4 is 23.5 Å². The Hall–Kier alpha value is -2.74. The summed E-state index contributed by atoms with van der Waals surface area (Å²) in [7, 11) is 0. The van der Waals surface area contributed by atoms with Gasteiger partial charge in [-0.15, -0.1) is 11.8 Å². The van der Waals surface area contributed by atoms with Gasteiger partial charge in [0.1, 0.15) is 17.9 Å². The summed E-state index contributed by atoms with van der Waals surface area (Å²) in [5.74, 6) is 3.00. The van der Waals surface area contributed by atoms with Gasteiger partial charge in [-0.05, 0) is 49.2 Å². The van der Waals surface area contributed by atoms with E-state index in [0.717, 1.165) is 40.8 Å². The van der Waals surface area contributed by atoms with Gasteiger partial charge in [0.2, 0.25) is 0 Å². The molecule has 0 saturated carbocycles. The molecule has 8 heteroatoms. The molecule has 0 unspecified atom stereocenters. The predicted molar refractivity (Wildman–Crippen MR) is 104 cm³/mol. The molecule has 7 nitrogen and oxygen atoms in total. The summed E-state index contributed by atoms with van der Waals surface area (Å²) in [4.78, 5) is 19.7. The zero-order valence-corrected chi connectivity index (χ0v) is 15.6. The Bertz CT molecular complexity index is 841. The van der Waals surface area contributed by atoms with Crippen molar-refractivity contribution in [2.75, 3.05) is 18.4 Å². The highest BCUT2D eigenvalue weighted by Gasteiger charge is 2.25. The molecule has 140 valence electrons. The van der Waals surface area contributed by atoms with E-state index in [4.69, 9.17) is 4.42 Å². The first-order chi connectivity index (χ1) is 13.3. The Balaban J connectivity index is 1.25. The van der Waals surface area contributed by atoms with Crippen LogP contribution in [0.3, 0.4) is 0 Å². The number of piperidine rings is 1. The maximum Gasteiger partial charge on any atom is 0.321 e. The summed E-state index contributed by atoms with van der Waals surface area (Å²) in [5, 5.41) is 9.81. The number of furan rings is 1. The second kappa shape index (κ2) is 8.30. The van der Waals surface area contributed by atoms with Crippen LogP contribution < -0.4 is 5.32 Å². The molecule has 2 N–H and O–H groups in total. The second-order valence-corrected chi connectivity index (χ2v) is 7.50. The molecule has 0 atom stereocenters. The van der Waals surface area contributed by atoms with Crippen LogP contribution in [0.15, 0.2) is 58.3 Å². The Labute approximate surface area is 161 Å². The highest BCUT2D eigenvalue weighted by Crippen LogP contribution is 2.26. The van der Waals surface area contributed by atoms with Crippen molar-refractivity contribution in [3.05, 3.63) is 60.6 Å². The molecule has 0 radical (unpaired) electrons. The minimum atomic E-state index is -0.0537. The number of H-pyrrole nitrogens is 1. The van der Waals surface area contributed by atoms with Gasteiger partial charge in [0.15, 0.2) is 0 Å². The van der Waals surface area contributed by atoms with Gasteiger partial charge in [-0.25, -0.2) is 9.78 Å². The van der Waals surface area contributed by atoms with Crippen molar-refractivity contribution in [1.29, 1.82) is 0 Å². The first-order valence-corrected chi connectivity index (χ1v) is 9.93. The number of carbonyl (C=O) groups excluding carboxylic acids is 1. The van der Waals surface area contributed by atoms with Crippen molar-refractivity contribution in [2.45, 2.75) is 29.4 Å². The van der Waals surface area contributed by atoms with E-state index in [9.17, 15) is 4.79 Å². The molecule has 1 aliphatic rings. The zero-order chi connectivity index (χ0) is 18.5. The summed E-state index contributed by atoms with van der Waals surface area (Å²) >= 11 is 1.70. The quantitative estimate of drug-likeness (QED) is 0.648. The lowest BCUT2D eigenvalue weighted by atomic mass is 9.96. The van der Waals surface area contributed by atoms with E-state index in [1.807, 2.05) is 41.3 Å². The minimum Gasteiger partial charge on any atom is -0.468 e. The van der Waals surface area contributed by atoms with Crippen LogP contribution >= 0.6 is 11.8 Å². The third-order valence-electron chi connectivity index (χ3n) is 4.67. The number of nitrogens with one attached hydrogen (secondary N) is 2. The first-order valence-electron chi connectivity index (χ1n) is 8.94. The summed E-state index contributed by atoms with van der Waals surface area (Å²) in [6.07, 6.45) is 5.00. The molecule has 1 aromatic carbocycles. The highest BCUT2D eigenvalue weighted by molar-refractivity contribution is 7.98. The Morgan fingerprint density at radius 1 is 1.26 bits per heavy atom. The van der Waals surface area contributed by atoms with E-state index in [-0.39, 0.29) is 6.03 Å². The number of carbonyl (C=O) groups is 1. The Morgan fingerprint density at radius 3 is 2.74 bits per heavy atom. The van der Waals surface area contributed by atoms with Crippen LogP contribution in [-0.2, 0) is 5.75 Å². The predicted octanol–water partition coefficient (Wildman–Crippen LogP) is 4.10. The smallest absolute Gasteiger partial charge is 0.321 e. The number of likely N-dealkylation sites (tertiary alicyclic amines) is 1. The SMILES string of the molecule is O=C(Nc1ccc(SCc2ccco2)cc1)N1CCC(c2ncn[nH]2)CC1. The lowest BCUT2D eigenvalue weighted by Gasteiger charge is -2.31. The van der Waals surface area contributed by atoms with E-state index in [1.54, 1.807) is 18.0 Å². The van der Waals surface area contributed by atoms with Crippen molar-refractivity contribution in [2.24, 2.45) is 0 Å². The average molecular weight is 383 g/mol. The van der Waals surface area contributed by atoms with Gasteiger partial charge in [-0.3, -0.25) is 5.10 Å². The standard InChI is InChI=1S/C19H21N5O2S/c25-19(24-9-7-14(8-10-24)18-20-13-21-23-18)22-15-3-5-17(6-4-15)27-12-16-2-1-11-26-16/h1-6,11,13-14H,7-10,12H2,(H,22,25)(H,20,21,23). The maximum atomic E-state index is 12.5. The fourth-order valence-corrected chi connectivity index (χ4v) is 3.96. The number of hydrogen-bond donors (Lipinski definition) is 2. The lowest BCUT2D eigenvalue weighted by Crippen LogP contribution is -2.40. The summed E-state index contributed by atoms with van der Waals surface area (Å²) in [6.45, 7) is 1.43. The highest BCUT2D eigenvalue weighted by atomic mass is 32.2. The summed E-state index contributed by atoms with van der Waals surface area (Å²) in [5.41, 5.74) is 0.805. The minimum absolute atomic E-state index is 0.0537. The number of anilines is 1. The molecule has 3 heterocycles. The molecule has 2 amide bonds. The molecular weight excluding hydrogens is 362 g/mol. The van der Waals surface area contributed by atoms with E-state index in [1.165, 1.54) is 6.33 Å².